The molecule has 0 atom stereocenters. The molecule has 1 fully saturated rings. The quantitative estimate of drug-likeness (QED) is 0.447. The number of hydrogen-bond donors (Lipinski definition) is 0. The summed E-state index contributed by atoms with van der Waals surface area (Å²) in [4.78, 5) is 34.1. The lowest BCUT2D eigenvalue weighted by molar-refractivity contribution is 0.0536. The van der Waals surface area contributed by atoms with Gasteiger partial charge in [-0.05, 0) is 36.4 Å². The zero-order valence-corrected chi connectivity index (χ0v) is 19.1. The van der Waals surface area contributed by atoms with Crippen LogP contribution >= 0.6 is 11.6 Å². The first-order valence-corrected chi connectivity index (χ1v) is 11.4. The lowest BCUT2D eigenvalue weighted by atomic mass is 10.1. The van der Waals surface area contributed by atoms with Gasteiger partial charge in [0, 0.05) is 50.3 Å². The van der Waals surface area contributed by atoms with E-state index < -0.39 is 0 Å². The van der Waals surface area contributed by atoms with E-state index in [9.17, 15) is 9.59 Å². The van der Waals surface area contributed by atoms with Crippen LogP contribution in [0.15, 0.2) is 85.3 Å². The summed E-state index contributed by atoms with van der Waals surface area (Å²) >= 11 is 6.20. The summed E-state index contributed by atoms with van der Waals surface area (Å²) in [6, 6.07) is 20.4. The number of amides is 2. The van der Waals surface area contributed by atoms with Crippen LogP contribution in [0.1, 0.15) is 20.7 Å². The fraction of sp³-hybridized carbons (Fsp3) is 0.154. The monoisotopic (exact) mass is 471 g/mol. The Bertz CT molecular complexity index is 1320. The average molecular weight is 472 g/mol. The van der Waals surface area contributed by atoms with Gasteiger partial charge >= 0.3 is 0 Å². The van der Waals surface area contributed by atoms with Gasteiger partial charge in [0.1, 0.15) is 5.69 Å². The van der Waals surface area contributed by atoms with Gasteiger partial charge in [-0.15, -0.1) is 0 Å². The molecule has 8 heteroatoms. The second-order valence-corrected chi connectivity index (χ2v) is 8.38. The molecule has 1 aliphatic heterocycles. The van der Waals surface area contributed by atoms with Gasteiger partial charge in [0.15, 0.2) is 0 Å². The Labute approximate surface area is 202 Å². The van der Waals surface area contributed by atoms with E-state index in [1.165, 1.54) is 0 Å². The zero-order chi connectivity index (χ0) is 23.5. The largest absolute Gasteiger partial charge is 0.335 e. The van der Waals surface area contributed by atoms with Crippen molar-refractivity contribution in [3.63, 3.8) is 0 Å². The lowest BCUT2D eigenvalue weighted by Gasteiger charge is -2.35. The Morgan fingerprint density at radius 2 is 1.41 bits per heavy atom. The zero-order valence-electron chi connectivity index (χ0n) is 18.3. The van der Waals surface area contributed by atoms with Crippen molar-refractivity contribution < 1.29 is 9.59 Å². The van der Waals surface area contributed by atoms with Crippen molar-refractivity contribution in [3.8, 4) is 16.9 Å². The van der Waals surface area contributed by atoms with Gasteiger partial charge in [-0.1, -0.05) is 41.9 Å². The molecule has 34 heavy (non-hydrogen) atoms. The standard InChI is InChI=1S/C26H22ClN5O2/c27-23-11-5-4-10-21(23)25(33)30-13-15-31(16-14-30)26(34)22-18-32(20-8-2-1-3-9-20)29-24(22)19-7-6-12-28-17-19/h1-12,17-18H,13-16H2. The molecule has 0 aliphatic carbocycles. The van der Waals surface area contributed by atoms with Crippen molar-refractivity contribution in [2.75, 3.05) is 26.2 Å². The van der Waals surface area contributed by atoms with Crippen molar-refractivity contribution in [1.82, 2.24) is 24.6 Å². The number of pyridine rings is 1. The lowest BCUT2D eigenvalue weighted by Crippen LogP contribution is -2.50. The second kappa shape index (κ2) is 9.49. The molecular formula is C26H22ClN5O2. The minimum Gasteiger partial charge on any atom is -0.335 e. The molecule has 170 valence electrons. The molecule has 2 aromatic heterocycles. The highest BCUT2D eigenvalue weighted by Gasteiger charge is 2.29. The minimum atomic E-state index is -0.120. The average Bonchev–Trinajstić information content (AvgIpc) is 3.35. The predicted octanol–water partition coefficient (Wildman–Crippen LogP) is 4.19. The van der Waals surface area contributed by atoms with Gasteiger partial charge in [0.05, 0.1) is 21.8 Å². The van der Waals surface area contributed by atoms with Crippen LogP contribution in [0.2, 0.25) is 5.02 Å². The van der Waals surface area contributed by atoms with Gasteiger partial charge < -0.3 is 9.80 Å². The molecule has 4 aromatic rings. The van der Waals surface area contributed by atoms with E-state index in [-0.39, 0.29) is 11.8 Å². The number of benzene rings is 2. The van der Waals surface area contributed by atoms with Gasteiger partial charge in [0.2, 0.25) is 0 Å². The van der Waals surface area contributed by atoms with E-state index in [1.807, 2.05) is 42.5 Å². The molecule has 0 saturated carbocycles. The molecule has 7 nitrogen and oxygen atoms in total. The summed E-state index contributed by atoms with van der Waals surface area (Å²) in [5, 5.41) is 5.14. The highest BCUT2D eigenvalue weighted by molar-refractivity contribution is 6.33. The van der Waals surface area contributed by atoms with Gasteiger partial charge in [-0.3, -0.25) is 14.6 Å². The van der Waals surface area contributed by atoms with Crippen LogP contribution in [0.25, 0.3) is 16.9 Å². The number of nitrogens with zero attached hydrogens (tertiary/aromatic N) is 5. The summed E-state index contributed by atoms with van der Waals surface area (Å²) in [5.74, 6) is -0.239. The summed E-state index contributed by atoms with van der Waals surface area (Å²) in [6.45, 7) is 1.73. The maximum absolute atomic E-state index is 13.6. The van der Waals surface area contributed by atoms with Crippen LogP contribution in [-0.2, 0) is 0 Å². The van der Waals surface area contributed by atoms with Crippen molar-refractivity contribution in [1.29, 1.82) is 0 Å². The maximum atomic E-state index is 13.6. The van der Waals surface area contributed by atoms with Crippen LogP contribution in [0.5, 0.6) is 0 Å². The number of halogens is 1. The first-order valence-electron chi connectivity index (χ1n) is 11.0. The molecular weight excluding hydrogens is 450 g/mol. The molecule has 0 spiro atoms. The first-order chi connectivity index (χ1) is 16.6. The molecule has 1 aliphatic rings. The molecule has 2 aromatic carbocycles. The van der Waals surface area contributed by atoms with Gasteiger partial charge in [0.25, 0.3) is 11.8 Å². The van der Waals surface area contributed by atoms with Crippen LogP contribution in [-0.4, -0.2) is 62.6 Å². The molecule has 0 N–H and O–H groups in total. The third kappa shape index (κ3) is 4.30. The highest BCUT2D eigenvalue weighted by atomic mass is 35.5. The van der Waals surface area contributed by atoms with E-state index in [0.717, 1.165) is 11.3 Å². The third-order valence-electron chi connectivity index (χ3n) is 5.86. The number of hydrogen-bond acceptors (Lipinski definition) is 4. The van der Waals surface area contributed by atoms with Crippen LogP contribution in [0.4, 0.5) is 0 Å². The fourth-order valence-corrected chi connectivity index (χ4v) is 4.26. The Morgan fingerprint density at radius 3 is 2.06 bits per heavy atom. The predicted molar refractivity (Wildman–Crippen MR) is 130 cm³/mol. The SMILES string of the molecule is O=C(c1ccccc1Cl)N1CCN(C(=O)c2cn(-c3ccccc3)nc2-c2cccnc2)CC1. The summed E-state index contributed by atoms with van der Waals surface area (Å²) in [5.41, 5.74) is 3.20. The number of rotatable bonds is 4. The molecule has 0 radical (unpaired) electrons. The summed E-state index contributed by atoms with van der Waals surface area (Å²) < 4.78 is 1.72. The van der Waals surface area contributed by atoms with E-state index in [2.05, 4.69) is 4.98 Å². The number of carbonyl (C=O) groups is 2. The second-order valence-electron chi connectivity index (χ2n) is 7.98. The number of piperazine rings is 1. The molecule has 2 amide bonds. The fourth-order valence-electron chi connectivity index (χ4n) is 4.05. The van der Waals surface area contributed by atoms with Crippen molar-refractivity contribution in [2.45, 2.75) is 0 Å². The van der Waals surface area contributed by atoms with E-state index in [1.54, 1.807) is 57.3 Å². The van der Waals surface area contributed by atoms with Crippen LogP contribution in [0, 0.1) is 0 Å². The van der Waals surface area contributed by atoms with E-state index in [0.29, 0.717) is 48.0 Å². The van der Waals surface area contributed by atoms with Crippen molar-refractivity contribution in [3.05, 3.63) is 101 Å². The Morgan fingerprint density at radius 1 is 0.765 bits per heavy atom. The van der Waals surface area contributed by atoms with Crippen molar-refractivity contribution in [2.24, 2.45) is 0 Å². The highest BCUT2D eigenvalue weighted by Crippen LogP contribution is 2.25. The Kier molecular flexibility index (Phi) is 6.10. The van der Waals surface area contributed by atoms with Gasteiger partial charge in [-0.25, -0.2) is 4.68 Å². The topological polar surface area (TPSA) is 71.3 Å². The molecule has 3 heterocycles. The first kappa shape index (κ1) is 21.9. The third-order valence-corrected chi connectivity index (χ3v) is 6.19. The maximum Gasteiger partial charge on any atom is 0.257 e. The number of para-hydroxylation sites is 1. The van der Waals surface area contributed by atoms with Crippen molar-refractivity contribution >= 4 is 23.4 Å². The van der Waals surface area contributed by atoms with Crippen LogP contribution < -0.4 is 0 Å². The number of carbonyl (C=O) groups excluding carboxylic acids is 2. The Balaban J connectivity index is 1.38. The van der Waals surface area contributed by atoms with Gasteiger partial charge in [-0.2, -0.15) is 5.10 Å². The Hall–Kier alpha value is -3.97. The summed E-state index contributed by atoms with van der Waals surface area (Å²) in [7, 11) is 0. The molecule has 1 saturated heterocycles. The summed E-state index contributed by atoms with van der Waals surface area (Å²) in [6.07, 6.45) is 5.16. The minimum absolute atomic E-state index is 0.120. The van der Waals surface area contributed by atoms with E-state index >= 15 is 0 Å². The van der Waals surface area contributed by atoms with E-state index in [4.69, 9.17) is 16.7 Å². The molecule has 5 rings (SSSR count). The number of aromatic nitrogens is 3. The van der Waals surface area contributed by atoms with Crippen LogP contribution in [0.3, 0.4) is 0 Å². The normalized spacial score (nSPS) is 13.7. The molecule has 0 unspecified atom stereocenters. The molecule has 0 bridgehead atoms. The smallest absolute Gasteiger partial charge is 0.257 e.